The summed E-state index contributed by atoms with van der Waals surface area (Å²) in [5.41, 5.74) is 0.0595. The van der Waals surface area contributed by atoms with E-state index in [1.807, 2.05) is 6.92 Å². The molecule has 0 aliphatic carbocycles. The molecule has 1 aromatic carbocycles. The van der Waals surface area contributed by atoms with Crippen molar-refractivity contribution in [2.45, 2.75) is 29.7 Å². The number of para-hydroxylation sites is 1. The topological polar surface area (TPSA) is 68.9 Å². The lowest BCUT2D eigenvalue weighted by molar-refractivity contribution is -0.387. The number of nitro benzene ring substituents is 1. The van der Waals surface area contributed by atoms with E-state index in [0.29, 0.717) is 20.9 Å². The molecule has 0 saturated heterocycles. The maximum atomic E-state index is 11.0. The maximum absolute atomic E-state index is 11.0. The number of hydrogen-bond donors (Lipinski definition) is 0. The van der Waals surface area contributed by atoms with Gasteiger partial charge in [-0.2, -0.15) is 0 Å². The molecule has 0 spiro atoms. The summed E-state index contributed by atoms with van der Waals surface area (Å²) in [7, 11) is 0. The first kappa shape index (κ1) is 14.7. The van der Waals surface area contributed by atoms with E-state index in [1.54, 1.807) is 24.3 Å². The highest BCUT2D eigenvalue weighted by molar-refractivity contribution is 7.99. The molecule has 2 aromatic rings. The third-order valence-corrected chi connectivity index (χ3v) is 3.64. The van der Waals surface area contributed by atoms with Crippen LogP contribution >= 0.6 is 23.4 Å². The van der Waals surface area contributed by atoms with Crippen molar-refractivity contribution in [1.29, 1.82) is 0 Å². The predicted molar refractivity (Wildman–Crippen MR) is 78.3 cm³/mol. The Morgan fingerprint density at radius 1 is 1.35 bits per heavy atom. The van der Waals surface area contributed by atoms with Crippen LogP contribution in [-0.4, -0.2) is 14.9 Å². The van der Waals surface area contributed by atoms with Gasteiger partial charge in [0.1, 0.15) is 16.0 Å². The molecule has 5 nitrogen and oxygen atoms in total. The van der Waals surface area contributed by atoms with E-state index in [4.69, 9.17) is 11.6 Å². The van der Waals surface area contributed by atoms with E-state index < -0.39 is 4.92 Å². The van der Waals surface area contributed by atoms with Crippen LogP contribution in [0.1, 0.15) is 19.2 Å². The molecule has 1 heterocycles. The van der Waals surface area contributed by atoms with E-state index in [9.17, 15) is 10.1 Å². The molecule has 0 N–H and O–H groups in total. The summed E-state index contributed by atoms with van der Waals surface area (Å²) in [5.74, 6) is 0.654. The molecule has 20 heavy (non-hydrogen) atoms. The van der Waals surface area contributed by atoms with Gasteiger partial charge in [0.2, 0.25) is 0 Å². The van der Waals surface area contributed by atoms with E-state index in [1.165, 1.54) is 17.8 Å². The summed E-state index contributed by atoms with van der Waals surface area (Å²) in [6.07, 6.45) is 1.64. The van der Waals surface area contributed by atoms with Crippen molar-refractivity contribution < 1.29 is 4.92 Å². The van der Waals surface area contributed by atoms with Gasteiger partial charge in [-0.1, -0.05) is 42.4 Å². The lowest BCUT2D eigenvalue weighted by atomic mass is 10.3. The van der Waals surface area contributed by atoms with Crippen LogP contribution in [0.25, 0.3) is 0 Å². The Labute approximate surface area is 125 Å². The fourth-order valence-corrected chi connectivity index (χ4v) is 2.84. The number of aromatic nitrogens is 2. The van der Waals surface area contributed by atoms with E-state index >= 15 is 0 Å². The Bertz CT molecular complexity index is 637. The molecule has 7 heteroatoms. The number of nitro groups is 1. The summed E-state index contributed by atoms with van der Waals surface area (Å²) in [6, 6.07) is 8.17. The Kier molecular flexibility index (Phi) is 4.92. The van der Waals surface area contributed by atoms with E-state index in [-0.39, 0.29) is 5.69 Å². The van der Waals surface area contributed by atoms with Crippen LogP contribution in [0.2, 0.25) is 5.15 Å². The smallest absolute Gasteiger partial charge is 0.258 e. The van der Waals surface area contributed by atoms with Crippen LogP contribution in [-0.2, 0) is 6.42 Å². The number of nitrogens with zero attached hydrogens (tertiary/aromatic N) is 3. The summed E-state index contributed by atoms with van der Waals surface area (Å²) < 4.78 is 0. The van der Waals surface area contributed by atoms with Crippen molar-refractivity contribution in [2.24, 2.45) is 0 Å². The first-order valence-electron chi connectivity index (χ1n) is 6.05. The van der Waals surface area contributed by atoms with Crippen LogP contribution in [0.3, 0.4) is 0 Å². The van der Waals surface area contributed by atoms with Gasteiger partial charge in [0.15, 0.2) is 0 Å². The average Bonchev–Trinajstić information content (AvgIpc) is 2.38. The highest BCUT2D eigenvalue weighted by atomic mass is 35.5. The van der Waals surface area contributed by atoms with Gasteiger partial charge < -0.3 is 0 Å². The Morgan fingerprint density at radius 3 is 2.80 bits per heavy atom. The molecule has 2 rings (SSSR count). The zero-order valence-electron chi connectivity index (χ0n) is 10.7. The minimum absolute atomic E-state index is 0.0595. The van der Waals surface area contributed by atoms with Gasteiger partial charge in [-0.15, -0.1) is 0 Å². The standard InChI is InChI=1S/C13H12ClN3O2S/c1-2-5-12-15-11(14)8-13(16-12)20-10-7-4-3-6-9(10)17(18)19/h3-4,6-8H,2,5H2,1H3. The van der Waals surface area contributed by atoms with Crippen LogP contribution in [0.4, 0.5) is 5.69 Å². The molecule has 0 unspecified atom stereocenters. The van der Waals surface area contributed by atoms with Gasteiger partial charge in [-0.25, -0.2) is 9.97 Å². The third-order valence-electron chi connectivity index (χ3n) is 2.47. The van der Waals surface area contributed by atoms with Gasteiger partial charge in [0, 0.05) is 18.6 Å². The molecule has 1 aromatic heterocycles. The minimum atomic E-state index is -0.405. The van der Waals surface area contributed by atoms with Gasteiger partial charge in [-0.3, -0.25) is 10.1 Å². The lowest BCUT2D eigenvalue weighted by Gasteiger charge is -2.05. The fourth-order valence-electron chi connectivity index (χ4n) is 1.64. The molecular formula is C13H12ClN3O2S. The van der Waals surface area contributed by atoms with Crippen molar-refractivity contribution in [1.82, 2.24) is 9.97 Å². The Balaban J connectivity index is 2.32. The zero-order valence-corrected chi connectivity index (χ0v) is 12.3. The number of rotatable bonds is 5. The average molecular weight is 310 g/mol. The second kappa shape index (κ2) is 6.67. The molecule has 0 amide bonds. The van der Waals surface area contributed by atoms with Crippen molar-refractivity contribution in [3.8, 4) is 0 Å². The second-order valence-electron chi connectivity index (χ2n) is 4.02. The highest BCUT2D eigenvalue weighted by Gasteiger charge is 2.15. The molecule has 0 radical (unpaired) electrons. The highest BCUT2D eigenvalue weighted by Crippen LogP contribution is 2.34. The second-order valence-corrected chi connectivity index (χ2v) is 5.47. The summed E-state index contributed by atoms with van der Waals surface area (Å²) in [6.45, 7) is 2.03. The molecule has 104 valence electrons. The SMILES string of the molecule is CCCc1nc(Cl)cc(Sc2ccccc2[N+](=O)[O-])n1. The number of aryl methyl sites for hydroxylation is 1. The number of benzene rings is 1. The molecule has 0 aliphatic rings. The molecular weight excluding hydrogens is 298 g/mol. The fraction of sp³-hybridized carbons (Fsp3) is 0.231. The summed E-state index contributed by atoms with van der Waals surface area (Å²) in [4.78, 5) is 19.6. The Hall–Kier alpha value is -1.66. The Morgan fingerprint density at radius 2 is 2.10 bits per heavy atom. The number of halogens is 1. The summed E-state index contributed by atoms with van der Waals surface area (Å²) in [5, 5.41) is 11.9. The minimum Gasteiger partial charge on any atom is -0.258 e. The quantitative estimate of drug-likeness (QED) is 0.471. The van der Waals surface area contributed by atoms with Crippen molar-refractivity contribution in [3.05, 3.63) is 51.4 Å². The molecule has 0 saturated carbocycles. The van der Waals surface area contributed by atoms with Crippen LogP contribution in [0.15, 0.2) is 40.3 Å². The third kappa shape index (κ3) is 3.68. The van der Waals surface area contributed by atoms with Gasteiger partial charge in [0.25, 0.3) is 5.69 Å². The van der Waals surface area contributed by atoms with Crippen molar-refractivity contribution in [2.75, 3.05) is 0 Å². The van der Waals surface area contributed by atoms with Crippen LogP contribution in [0, 0.1) is 10.1 Å². The largest absolute Gasteiger partial charge is 0.283 e. The molecule has 0 bridgehead atoms. The molecule has 0 aliphatic heterocycles. The first-order valence-corrected chi connectivity index (χ1v) is 7.24. The molecule has 0 atom stereocenters. The predicted octanol–water partition coefficient (Wildman–Crippen LogP) is 4.14. The maximum Gasteiger partial charge on any atom is 0.283 e. The zero-order chi connectivity index (χ0) is 14.5. The van der Waals surface area contributed by atoms with Gasteiger partial charge in [-0.05, 0) is 12.5 Å². The van der Waals surface area contributed by atoms with Crippen LogP contribution < -0.4 is 0 Å². The van der Waals surface area contributed by atoms with Gasteiger partial charge in [0.05, 0.1) is 9.82 Å². The van der Waals surface area contributed by atoms with Crippen LogP contribution in [0.5, 0.6) is 0 Å². The first-order chi connectivity index (χ1) is 9.60. The van der Waals surface area contributed by atoms with Gasteiger partial charge >= 0.3 is 0 Å². The van der Waals surface area contributed by atoms with E-state index in [2.05, 4.69) is 9.97 Å². The van der Waals surface area contributed by atoms with Crippen molar-refractivity contribution in [3.63, 3.8) is 0 Å². The van der Waals surface area contributed by atoms with E-state index in [0.717, 1.165) is 12.8 Å². The summed E-state index contributed by atoms with van der Waals surface area (Å²) >= 11 is 7.18. The molecule has 0 fully saturated rings. The lowest BCUT2D eigenvalue weighted by Crippen LogP contribution is -1.96. The monoisotopic (exact) mass is 309 g/mol. The normalized spacial score (nSPS) is 10.5. The number of hydrogen-bond acceptors (Lipinski definition) is 5. The van der Waals surface area contributed by atoms with Crippen molar-refractivity contribution >= 4 is 29.1 Å².